The van der Waals surface area contributed by atoms with Crippen LogP contribution in [-0.2, 0) is 11.2 Å². The minimum absolute atomic E-state index is 0.0297. The molecule has 2 aromatic carbocycles. The molecule has 1 aliphatic rings. The molecular weight excluding hydrogens is 348 g/mol. The molecule has 1 amide bonds. The first-order valence-corrected chi connectivity index (χ1v) is 9.44. The number of hydrogen-bond donors (Lipinski definition) is 2. The highest BCUT2D eigenvalue weighted by atomic mass is 32.1. The van der Waals surface area contributed by atoms with Gasteiger partial charge in [-0.3, -0.25) is 4.79 Å². The van der Waals surface area contributed by atoms with Gasteiger partial charge in [-0.05, 0) is 28.7 Å². The van der Waals surface area contributed by atoms with E-state index in [0.29, 0.717) is 13.0 Å². The van der Waals surface area contributed by atoms with Crippen LogP contribution in [0.3, 0.4) is 0 Å². The summed E-state index contributed by atoms with van der Waals surface area (Å²) in [5.41, 5.74) is 1.28. The first kappa shape index (κ1) is 16.7. The third-order valence-electron chi connectivity index (χ3n) is 4.74. The molecule has 5 nitrogen and oxygen atoms in total. The Morgan fingerprint density at radius 1 is 1.19 bits per heavy atom. The van der Waals surface area contributed by atoms with E-state index in [1.807, 2.05) is 12.1 Å². The molecule has 0 saturated heterocycles. The van der Waals surface area contributed by atoms with Crippen LogP contribution >= 0.6 is 11.3 Å². The van der Waals surface area contributed by atoms with Gasteiger partial charge in [0.05, 0.1) is 5.01 Å². The van der Waals surface area contributed by atoms with Gasteiger partial charge in [-0.1, -0.05) is 42.5 Å². The number of carboxylic acids is 1. The zero-order valence-electron chi connectivity index (χ0n) is 14.0. The molecule has 1 heterocycles. The van der Waals surface area contributed by atoms with Crippen molar-refractivity contribution in [2.75, 3.05) is 6.54 Å². The van der Waals surface area contributed by atoms with E-state index < -0.39 is 5.97 Å². The van der Waals surface area contributed by atoms with Crippen molar-refractivity contribution < 1.29 is 14.7 Å². The number of nitrogens with zero attached hydrogens (tertiary/aromatic N) is 1. The minimum atomic E-state index is -1.02. The van der Waals surface area contributed by atoms with Crippen LogP contribution in [0.25, 0.3) is 10.8 Å². The van der Waals surface area contributed by atoms with Crippen LogP contribution in [0.2, 0.25) is 0 Å². The quantitative estimate of drug-likeness (QED) is 0.700. The van der Waals surface area contributed by atoms with Crippen molar-refractivity contribution >= 4 is 34.0 Å². The second-order valence-corrected chi connectivity index (χ2v) is 7.47. The summed E-state index contributed by atoms with van der Waals surface area (Å²) in [6.07, 6.45) is 1.43. The highest BCUT2D eigenvalue weighted by molar-refractivity contribution is 7.09. The summed E-state index contributed by atoms with van der Waals surface area (Å²) in [5.74, 6) is -0.633. The normalized spacial score (nSPS) is 18.6. The van der Waals surface area contributed by atoms with Crippen LogP contribution in [-0.4, -0.2) is 28.5 Å². The van der Waals surface area contributed by atoms with Crippen molar-refractivity contribution in [3.8, 4) is 0 Å². The van der Waals surface area contributed by atoms with E-state index in [4.69, 9.17) is 5.11 Å². The number of fused-ring (bicyclic) bond motifs is 1. The Morgan fingerprint density at radius 2 is 2.00 bits per heavy atom. The SMILES string of the molecule is O=C(O)c1csc(CCNC(=O)C2CC2c2ccc3ccccc3c2)n1. The number of carbonyl (C=O) groups is 2. The first-order valence-electron chi connectivity index (χ1n) is 8.56. The molecule has 0 bridgehead atoms. The molecule has 3 aromatic rings. The average Bonchev–Trinajstić information content (AvgIpc) is 3.31. The molecule has 1 aliphatic carbocycles. The van der Waals surface area contributed by atoms with Gasteiger partial charge >= 0.3 is 5.97 Å². The Morgan fingerprint density at radius 3 is 2.77 bits per heavy atom. The second kappa shape index (κ2) is 6.88. The molecule has 132 valence electrons. The molecule has 1 fully saturated rings. The first-order chi connectivity index (χ1) is 12.6. The Balaban J connectivity index is 1.31. The van der Waals surface area contributed by atoms with Crippen LogP contribution in [0.4, 0.5) is 0 Å². The molecule has 2 unspecified atom stereocenters. The molecule has 4 rings (SSSR count). The lowest BCUT2D eigenvalue weighted by molar-refractivity contribution is -0.122. The van der Waals surface area contributed by atoms with Crippen molar-refractivity contribution in [3.63, 3.8) is 0 Å². The lowest BCUT2D eigenvalue weighted by Gasteiger charge is -2.05. The summed E-state index contributed by atoms with van der Waals surface area (Å²) in [4.78, 5) is 27.2. The van der Waals surface area contributed by atoms with Crippen molar-refractivity contribution in [3.05, 3.63) is 64.1 Å². The zero-order valence-corrected chi connectivity index (χ0v) is 14.8. The largest absolute Gasteiger partial charge is 0.476 e. The van der Waals surface area contributed by atoms with Gasteiger partial charge in [0.1, 0.15) is 0 Å². The maximum Gasteiger partial charge on any atom is 0.355 e. The van der Waals surface area contributed by atoms with Gasteiger partial charge < -0.3 is 10.4 Å². The minimum Gasteiger partial charge on any atom is -0.476 e. The third kappa shape index (κ3) is 3.46. The highest BCUT2D eigenvalue weighted by Crippen LogP contribution is 2.48. The summed E-state index contributed by atoms with van der Waals surface area (Å²) in [5, 5.41) is 16.5. The van der Waals surface area contributed by atoms with Gasteiger partial charge in [0, 0.05) is 24.3 Å². The van der Waals surface area contributed by atoms with Crippen molar-refractivity contribution in [1.29, 1.82) is 0 Å². The van der Waals surface area contributed by atoms with Gasteiger partial charge in [0.25, 0.3) is 0 Å². The van der Waals surface area contributed by atoms with Gasteiger partial charge in [0.15, 0.2) is 5.69 Å². The summed E-state index contributed by atoms with van der Waals surface area (Å²) in [6, 6.07) is 14.6. The molecule has 0 radical (unpaired) electrons. The molecule has 6 heteroatoms. The molecule has 2 N–H and O–H groups in total. The van der Waals surface area contributed by atoms with E-state index in [9.17, 15) is 9.59 Å². The number of aromatic nitrogens is 1. The van der Waals surface area contributed by atoms with E-state index in [1.54, 1.807) is 0 Å². The smallest absolute Gasteiger partial charge is 0.355 e. The van der Waals surface area contributed by atoms with Crippen molar-refractivity contribution in [1.82, 2.24) is 10.3 Å². The maximum atomic E-state index is 12.3. The topological polar surface area (TPSA) is 79.3 Å². The molecule has 0 aliphatic heterocycles. The van der Waals surface area contributed by atoms with Crippen molar-refractivity contribution in [2.24, 2.45) is 5.92 Å². The zero-order chi connectivity index (χ0) is 18.1. The molecule has 2 atom stereocenters. The van der Waals surface area contributed by atoms with Crippen molar-refractivity contribution in [2.45, 2.75) is 18.8 Å². The summed E-state index contributed by atoms with van der Waals surface area (Å²) in [7, 11) is 0. The summed E-state index contributed by atoms with van der Waals surface area (Å²) in [6.45, 7) is 0.479. The molecule has 0 spiro atoms. The Kier molecular flexibility index (Phi) is 4.42. The lowest BCUT2D eigenvalue weighted by atomic mass is 10.0. The number of benzene rings is 2. The van der Waals surface area contributed by atoms with E-state index in [0.717, 1.165) is 11.4 Å². The fourth-order valence-corrected chi connectivity index (χ4v) is 4.01. The fraction of sp³-hybridized carbons (Fsp3) is 0.250. The highest BCUT2D eigenvalue weighted by Gasteiger charge is 2.43. The second-order valence-electron chi connectivity index (χ2n) is 6.53. The number of carbonyl (C=O) groups excluding carboxylic acids is 1. The van der Waals surface area contributed by atoms with Gasteiger partial charge in [-0.15, -0.1) is 11.3 Å². The van der Waals surface area contributed by atoms with Gasteiger partial charge in [-0.25, -0.2) is 9.78 Å². The number of thiazole rings is 1. The van der Waals surface area contributed by atoms with E-state index in [2.05, 4.69) is 40.6 Å². The molecule has 1 saturated carbocycles. The number of nitrogens with one attached hydrogen (secondary N) is 1. The van der Waals surface area contributed by atoms with Crippen LogP contribution in [0.15, 0.2) is 47.8 Å². The standard InChI is InChI=1S/C20H18N2O3S/c23-19(21-8-7-18-22-17(11-26-18)20(24)25)16-10-15(16)14-6-5-12-3-1-2-4-13(12)9-14/h1-6,9,11,15-16H,7-8,10H2,(H,21,23)(H,24,25). The van der Waals surface area contributed by atoms with E-state index in [-0.39, 0.29) is 23.4 Å². The number of rotatable bonds is 6. The monoisotopic (exact) mass is 366 g/mol. The lowest BCUT2D eigenvalue weighted by Crippen LogP contribution is -2.27. The van der Waals surface area contributed by atoms with E-state index >= 15 is 0 Å². The number of amides is 1. The van der Waals surface area contributed by atoms with Gasteiger partial charge in [0.2, 0.25) is 5.91 Å². The Labute approximate surface area is 154 Å². The van der Waals surface area contributed by atoms with Gasteiger partial charge in [-0.2, -0.15) is 0 Å². The summed E-state index contributed by atoms with van der Waals surface area (Å²) < 4.78 is 0. The fourth-order valence-electron chi connectivity index (χ4n) is 3.24. The predicted octanol–water partition coefficient (Wildman–Crippen LogP) is 3.46. The Bertz CT molecular complexity index is 982. The number of aromatic carboxylic acids is 1. The molecule has 1 aromatic heterocycles. The van der Waals surface area contributed by atoms with Crippen LogP contribution in [0.1, 0.15) is 33.4 Å². The summed E-state index contributed by atoms with van der Waals surface area (Å²) >= 11 is 1.31. The number of carboxylic acid groups (broad SMARTS) is 1. The number of hydrogen-bond acceptors (Lipinski definition) is 4. The third-order valence-corrected chi connectivity index (χ3v) is 5.65. The average molecular weight is 366 g/mol. The molecular formula is C20H18N2O3S. The van der Waals surface area contributed by atoms with E-state index in [1.165, 1.54) is 33.1 Å². The Hall–Kier alpha value is -2.73. The van der Waals surface area contributed by atoms with Crippen LogP contribution in [0.5, 0.6) is 0 Å². The molecule has 26 heavy (non-hydrogen) atoms. The maximum absolute atomic E-state index is 12.3. The van der Waals surface area contributed by atoms with Crippen LogP contribution < -0.4 is 5.32 Å². The predicted molar refractivity (Wildman–Crippen MR) is 101 cm³/mol. The van der Waals surface area contributed by atoms with Crippen LogP contribution in [0, 0.1) is 5.92 Å².